The van der Waals surface area contributed by atoms with Gasteiger partial charge in [-0.1, -0.05) is 42.5 Å². The molecule has 28 heavy (non-hydrogen) atoms. The maximum Gasteiger partial charge on any atom is 0.329 e. The Labute approximate surface area is 161 Å². The molecule has 1 amide bonds. The van der Waals surface area contributed by atoms with Gasteiger partial charge in [0, 0.05) is 6.54 Å². The lowest BCUT2D eigenvalue weighted by Crippen LogP contribution is -2.43. The highest BCUT2D eigenvalue weighted by Gasteiger charge is 2.37. The molecule has 0 bridgehead atoms. The molecule has 1 N–H and O–H groups in total. The highest BCUT2D eigenvalue weighted by atomic mass is 16.5. The van der Waals surface area contributed by atoms with Crippen LogP contribution in [0.1, 0.15) is 28.9 Å². The maximum absolute atomic E-state index is 12.9. The number of amides is 1. The number of carbonyl (C=O) groups excluding carboxylic acids is 2. The predicted octanol–water partition coefficient (Wildman–Crippen LogP) is 2.27. The van der Waals surface area contributed by atoms with Gasteiger partial charge in [-0.25, -0.2) is 9.78 Å². The van der Waals surface area contributed by atoms with Gasteiger partial charge in [-0.2, -0.15) is 0 Å². The molecule has 1 fully saturated rings. The van der Waals surface area contributed by atoms with Gasteiger partial charge in [0.1, 0.15) is 12.6 Å². The molecule has 2 heterocycles. The Kier molecular flexibility index (Phi) is 4.89. The molecule has 1 saturated heterocycles. The number of nitrogens with zero attached hydrogens (tertiary/aromatic N) is 2. The first-order chi connectivity index (χ1) is 13.6. The highest BCUT2D eigenvalue weighted by molar-refractivity contribution is 5.96. The molecule has 0 spiro atoms. The van der Waals surface area contributed by atoms with Gasteiger partial charge in [0.2, 0.25) is 0 Å². The summed E-state index contributed by atoms with van der Waals surface area (Å²) in [6.07, 6.45) is 1.17. The molecule has 3 aromatic rings. The SMILES string of the molecule is O=C(OCc1ccccc1)C1CCCN1C(=O)c1nc2ccccc2[nH]c1=O. The molecule has 1 unspecified atom stereocenters. The van der Waals surface area contributed by atoms with Crippen LogP contribution < -0.4 is 5.56 Å². The number of carbonyl (C=O) groups is 2. The number of esters is 1. The minimum atomic E-state index is -0.705. The lowest BCUT2D eigenvalue weighted by atomic mass is 10.2. The molecule has 0 radical (unpaired) electrons. The number of hydrogen-bond acceptors (Lipinski definition) is 5. The zero-order valence-corrected chi connectivity index (χ0v) is 15.1. The number of ether oxygens (including phenoxy) is 1. The topological polar surface area (TPSA) is 92.4 Å². The van der Waals surface area contributed by atoms with E-state index in [1.54, 1.807) is 24.3 Å². The summed E-state index contributed by atoms with van der Waals surface area (Å²) in [5, 5.41) is 0. The van der Waals surface area contributed by atoms with Crippen molar-refractivity contribution in [3.8, 4) is 0 Å². The van der Waals surface area contributed by atoms with Crippen LogP contribution in [-0.2, 0) is 16.1 Å². The van der Waals surface area contributed by atoms with Crippen molar-refractivity contribution in [2.24, 2.45) is 0 Å². The number of fused-ring (bicyclic) bond motifs is 1. The summed E-state index contributed by atoms with van der Waals surface area (Å²) in [6.45, 7) is 0.533. The zero-order chi connectivity index (χ0) is 19.5. The Hall–Kier alpha value is -3.48. The van der Waals surface area contributed by atoms with E-state index in [1.165, 1.54) is 4.90 Å². The number of para-hydroxylation sites is 2. The van der Waals surface area contributed by atoms with E-state index in [9.17, 15) is 14.4 Å². The van der Waals surface area contributed by atoms with Gasteiger partial charge in [0.25, 0.3) is 11.5 Å². The van der Waals surface area contributed by atoms with E-state index in [4.69, 9.17) is 4.74 Å². The molecule has 4 rings (SSSR count). The molecule has 0 saturated carbocycles. The van der Waals surface area contributed by atoms with E-state index < -0.39 is 23.5 Å². The Morgan fingerprint density at radius 3 is 2.68 bits per heavy atom. The molecule has 2 aromatic carbocycles. The zero-order valence-electron chi connectivity index (χ0n) is 15.1. The third kappa shape index (κ3) is 3.51. The van der Waals surface area contributed by atoms with Crippen molar-refractivity contribution in [2.45, 2.75) is 25.5 Å². The summed E-state index contributed by atoms with van der Waals surface area (Å²) in [6, 6.07) is 15.6. The number of benzene rings is 2. The van der Waals surface area contributed by atoms with E-state index in [1.807, 2.05) is 30.3 Å². The van der Waals surface area contributed by atoms with Crippen LogP contribution in [-0.4, -0.2) is 39.3 Å². The second kappa shape index (κ2) is 7.64. The molecule has 1 aromatic heterocycles. The average molecular weight is 377 g/mol. The van der Waals surface area contributed by atoms with Crippen LogP contribution in [0.5, 0.6) is 0 Å². The van der Waals surface area contributed by atoms with E-state index in [0.717, 1.165) is 5.56 Å². The van der Waals surface area contributed by atoms with E-state index >= 15 is 0 Å². The van der Waals surface area contributed by atoms with Crippen LogP contribution in [0.15, 0.2) is 59.4 Å². The summed E-state index contributed by atoms with van der Waals surface area (Å²) >= 11 is 0. The fourth-order valence-electron chi connectivity index (χ4n) is 3.39. The number of likely N-dealkylation sites (tertiary alicyclic amines) is 1. The number of H-pyrrole nitrogens is 1. The molecular formula is C21H19N3O4. The third-order valence-corrected chi connectivity index (χ3v) is 4.81. The molecular weight excluding hydrogens is 358 g/mol. The van der Waals surface area contributed by atoms with E-state index in [2.05, 4.69) is 9.97 Å². The Morgan fingerprint density at radius 2 is 1.86 bits per heavy atom. The van der Waals surface area contributed by atoms with Crippen molar-refractivity contribution in [3.63, 3.8) is 0 Å². The molecule has 7 heteroatoms. The van der Waals surface area contributed by atoms with Crippen LogP contribution >= 0.6 is 0 Å². The Bertz CT molecular complexity index is 1080. The monoisotopic (exact) mass is 377 g/mol. The fourth-order valence-corrected chi connectivity index (χ4v) is 3.39. The van der Waals surface area contributed by atoms with Crippen molar-refractivity contribution >= 4 is 22.9 Å². The van der Waals surface area contributed by atoms with Crippen LogP contribution in [0.4, 0.5) is 0 Å². The van der Waals surface area contributed by atoms with Gasteiger partial charge in [-0.05, 0) is 30.5 Å². The second-order valence-electron chi connectivity index (χ2n) is 6.68. The molecule has 1 aliphatic rings. The summed E-state index contributed by atoms with van der Waals surface area (Å²) in [5.74, 6) is -1.02. The van der Waals surface area contributed by atoms with Crippen LogP contribution in [0.25, 0.3) is 11.0 Å². The Balaban J connectivity index is 1.53. The summed E-state index contributed by atoms with van der Waals surface area (Å²) in [7, 11) is 0. The first-order valence-corrected chi connectivity index (χ1v) is 9.14. The summed E-state index contributed by atoms with van der Waals surface area (Å²) < 4.78 is 5.39. The van der Waals surface area contributed by atoms with Crippen LogP contribution in [0.3, 0.4) is 0 Å². The van der Waals surface area contributed by atoms with E-state index in [0.29, 0.717) is 30.4 Å². The van der Waals surface area contributed by atoms with Crippen molar-refractivity contribution in [2.75, 3.05) is 6.54 Å². The summed E-state index contributed by atoms with van der Waals surface area (Å²) in [4.78, 5) is 46.1. The van der Waals surface area contributed by atoms with Gasteiger partial charge >= 0.3 is 5.97 Å². The molecule has 0 aliphatic carbocycles. The first-order valence-electron chi connectivity index (χ1n) is 9.14. The average Bonchev–Trinajstić information content (AvgIpc) is 3.22. The minimum Gasteiger partial charge on any atom is -0.459 e. The van der Waals surface area contributed by atoms with Crippen molar-refractivity contribution in [1.29, 1.82) is 0 Å². The number of hydrogen-bond donors (Lipinski definition) is 1. The number of aromatic nitrogens is 2. The number of rotatable bonds is 4. The third-order valence-electron chi connectivity index (χ3n) is 4.81. The Morgan fingerprint density at radius 1 is 1.11 bits per heavy atom. The van der Waals surface area contributed by atoms with Crippen molar-refractivity contribution < 1.29 is 14.3 Å². The lowest BCUT2D eigenvalue weighted by molar-refractivity contribution is -0.149. The highest BCUT2D eigenvalue weighted by Crippen LogP contribution is 2.21. The molecule has 7 nitrogen and oxygen atoms in total. The van der Waals surface area contributed by atoms with Gasteiger partial charge in [0.15, 0.2) is 5.69 Å². The number of aromatic amines is 1. The smallest absolute Gasteiger partial charge is 0.329 e. The van der Waals surface area contributed by atoms with Gasteiger partial charge in [-0.15, -0.1) is 0 Å². The van der Waals surface area contributed by atoms with Gasteiger partial charge in [-0.3, -0.25) is 9.59 Å². The van der Waals surface area contributed by atoms with E-state index in [-0.39, 0.29) is 12.3 Å². The van der Waals surface area contributed by atoms with Crippen molar-refractivity contribution in [3.05, 3.63) is 76.2 Å². The molecule has 1 atom stereocenters. The standard InChI is InChI=1S/C21H19N3O4/c25-19-18(22-15-9-4-5-10-16(15)23-19)20(26)24-12-6-11-17(24)21(27)28-13-14-7-2-1-3-8-14/h1-5,7-10,17H,6,11-13H2,(H,23,25). The van der Waals surface area contributed by atoms with Crippen molar-refractivity contribution in [1.82, 2.24) is 14.9 Å². The van der Waals surface area contributed by atoms with Crippen LogP contribution in [0.2, 0.25) is 0 Å². The minimum absolute atomic E-state index is 0.146. The largest absolute Gasteiger partial charge is 0.459 e. The first kappa shape index (κ1) is 17.9. The molecule has 142 valence electrons. The predicted molar refractivity (Wildman–Crippen MR) is 103 cm³/mol. The lowest BCUT2D eigenvalue weighted by Gasteiger charge is -2.22. The molecule has 1 aliphatic heterocycles. The number of nitrogens with one attached hydrogen (secondary N) is 1. The van der Waals surface area contributed by atoms with Gasteiger partial charge in [0.05, 0.1) is 11.0 Å². The second-order valence-corrected chi connectivity index (χ2v) is 6.68. The quantitative estimate of drug-likeness (QED) is 0.704. The summed E-state index contributed by atoms with van der Waals surface area (Å²) in [5.41, 5.74) is 1.19. The van der Waals surface area contributed by atoms with Gasteiger partial charge < -0.3 is 14.6 Å². The van der Waals surface area contributed by atoms with Crippen LogP contribution in [0, 0.1) is 0 Å². The normalized spacial score (nSPS) is 16.3. The maximum atomic E-state index is 12.9. The fraction of sp³-hybridized carbons (Fsp3) is 0.238.